The normalized spacial score (nSPS) is 10.5. The fraction of sp³-hybridized carbons (Fsp3) is 0.429. The summed E-state index contributed by atoms with van der Waals surface area (Å²) in [6.45, 7) is 5.91. The Labute approximate surface area is 122 Å². The van der Waals surface area contributed by atoms with Crippen molar-refractivity contribution in [3.8, 4) is 6.07 Å². The number of aromatic nitrogens is 3. The number of nitriles is 1. The van der Waals surface area contributed by atoms with Gasteiger partial charge in [-0.2, -0.15) is 10.2 Å². The van der Waals surface area contributed by atoms with Crippen LogP contribution in [0.1, 0.15) is 41.9 Å². The molecule has 5 nitrogen and oxygen atoms in total. The van der Waals surface area contributed by atoms with Crippen LogP contribution >= 0.6 is 11.8 Å². The van der Waals surface area contributed by atoms with Crippen LogP contribution in [0.3, 0.4) is 0 Å². The maximum Gasteiger partial charge on any atom is 0.237 e. The van der Waals surface area contributed by atoms with Crippen molar-refractivity contribution in [1.29, 1.82) is 5.26 Å². The maximum absolute atomic E-state index is 9.21. The minimum atomic E-state index is 0.529. The van der Waals surface area contributed by atoms with Crippen molar-refractivity contribution in [2.75, 3.05) is 0 Å². The number of hydrogen-bond acceptors (Lipinski definition) is 6. The first-order chi connectivity index (χ1) is 9.63. The number of hydrogen-bond donors (Lipinski definition) is 0. The summed E-state index contributed by atoms with van der Waals surface area (Å²) < 4.78 is 5.18. The van der Waals surface area contributed by atoms with E-state index in [9.17, 15) is 5.26 Å². The summed E-state index contributed by atoms with van der Waals surface area (Å²) in [5, 5.41) is 13.8. The molecule has 0 fully saturated rings. The smallest absolute Gasteiger partial charge is 0.237 e. The van der Waals surface area contributed by atoms with Gasteiger partial charge in [-0.1, -0.05) is 23.8 Å². The molecule has 0 aromatic carbocycles. The summed E-state index contributed by atoms with van der Waals surface area (Å²) in [5.74, 6) is 1.83. The van der Waals surface area contributed by atoms with Gasteiger partial charge in [0, 0.05) is 12.1 Å². The van der Waals surface area contributed by atoms with E-state index in [-0.39, 0.29) is 0 Å². The van der Waals surface area contributed by atoms with E-state index < -0.39 is 0 Å². The summed E-state index contributed by atoms with van der Waals surface area (Å²) in [4.78, 5) is 8.72. The monoisotopic (exact) mass is 288 g/mol. The molecule has 0 atom stereocenters. The lowest BCUT2D eigenvalue weighted by molar-refractivity contribution is 0.384. The first-order valence-electron chi connectivity index (χ1n) is 6.46. The molecule has 2 rings (SSSR count). The second kappa shape index (κ2) is 6.53. The zero-order chi connectivity index (χ0) is 14.5. The van der Waals surface area contributed by atoms with Gasteiger partial charge in [-0.25, -0.2) is 4.98 Å². The van der Waals surface area contributed by atoms with E-state index in [1.807, 2.05) is 19.9 Å². The molecule has 0 spiro atoms. The summed E-state index contributed by atoms with van der Waals surface area (Å²) in [6.07, 6.45) is 1.81. The number of nitrogens with zero attached hydrogens (tertiary/aromatic N) is 4. The number of thioether (sulfide) groups is 1. The molecule has 0 aliphatic carbocycles. The Hall–Kier alpha value is -1.87. The van der Waals surface area contributed by atoms with E-state index in [4.69, 9.17) is 4.52 Å². The molecule has 0 aliphatic heterocycles. The predicted octanol–water partition coefficient (Wildman–Crippen LogP) is 3.20. The first-order valence-corrected chi connectivity index (χ1v) is 7.45. The van der Waals surface area contributed by atoms with Crippen LogP contribution in [0.2, 0.25) is 0 Å². The third kappa shape index (κ3) is 3.36. The Morgan fingerprint density at radius 3 is 2.85 bits per heavy atom. The highest BCUT2D eigenvalue weighted by Crippen LogP contribution is 2.26. The van der Waals surface area contributed by atoms with E-state index >= 15 is 0 Å². The summed E-state index contributed by atoms with van der Waals surface area (Å²) in [7, 11) is 0. The highest BCUT2D eigenvalue weighted by molar-refractivity contribution is 7.98. The standard InChI is InChI=1S/C14H16N4OS/c1-4-5-12-17-13(19-18-12)8-20-14-11(7-15)9(2)6-10(3)16-14/h6H,4-5,8H2,1-3H3. The second-order valence-corrected chi connectivity index (χ2v) is 5.48. The van der Waals surface area contributed by atoms with E-state index in [1.54, 1.807) is 0 Å². The minimum Gasteiger partial charge on any atom is -0.338 e. The van der Waals surface area contributed by atoms with Gasteiger partial charge < -0.3 is 4.52 Å². The summed E-state index contributed by atoms with van der Waals surface area (Å²) >= 11 is 1.45. The van der Waals surface area contributed by atoms with Gasteiger partial charge in [0.25, 0.3) is 0 Å². The molecule has 0 saturated carbocycles. The molecule has 2 aromatic heterocycles. The van der Waals surface area contributed by atoms with Crippen LogP contribution in [0, 0.1) is 25.2 Å². The molecule has 20 heavy (non-hydrogen) atoms. The number of rotatable bonds is 5. The van der Waals surface area contributed by atoms with Crippen molar-refractivity contribution < 1.29 is 4.52 Å². The van der Waals surface area contributed by atoms with Crippen LogP contribution in [-0.4, -0.2) is 15.1 Å². The molecule has 0 saturated heterocycles. The average Bonchev–Trinajstić information content (AvgIpc) is 2.84. The van der Waals surface area contributed by atoms with Crippen molar-refractivity contribution in [1.82, 2.24) is 15.1 Å². The molecule has 0 N–H and O–H groups in total. The van der Waals surface area contributed by atoms with E-state index in [0.29, 0.717) is 17.2 Å². The van der Waals surface area contributed by atoms with Gasteiger partial charge in [0.1, 0.15) is 11.1 Å². The second-order valence-electron chi connectivity index (χ2n) is 4.52. The maximum atomic E-state index is 9.21. The molecule has 0 radical (unpaired) electrons. The van der Waals surface area contributed by atoms with Crippen LogP contribution in [-0.2, 0) is 12.2 Å². The lowest BCUT2D eigenvalue weighted by Gasteiger charge is -2.05. The zero-order valence-electron chi connectivity index (χ0n) is 11.8. The highest BCUT2D eigenvalue weighted by atomic mass is 32.2. The lowest BCUT2D eigenvalue weighted by atomic mass is 10.1. The summed E-state index contributed by atoms with van der Waals surface area (Å²) in [6, 6.07) is 4.11. The van der Waals surface area contributed by atoms with Crippen LogP contribution < -0.4 is 0 Å². The van der Waals surface area contributed by atoms with Crippen molar-refractivity contribution in [3.05, 3.63) is 34.6 Å². The fourth-order valence-electron chi connectivity index (χ4n) is 1.85. The Bertz CT molecular complexity index is 645. The first kappa shape index (κ1) is 14.5. The molecule has 2 aromatic rings. The van der Waals surface area contributed by atoms with Gasteiger partial charge in [0.15, 0.2) is 5.82 Å². The molecule has 2 heterocycles. The van der Waals surface area contributed by atoms with Crippen molar-refractivity contribution in [3.63, 3.8) is 0 Å². The van der Waals surface area contributed by atoms with Crippen LogP contribution in [0.15, 0.2) is 15.6 Å². The predicted molar refractivity (Wildman–Crippen MR) is 76.3 cm³/mol. The minimum absolute atomic E-state index is 0.529. The number of aryl methyl sites for hydroxylation is 3. The largest absolute Gasteiger partial charge is 0.338 e. The van der Waals surface area contributed by atoms with Crippen LogP contribution in [0.4, 0.5) is 0 Å². The van der Waals surface area contributed by atoms with E-state index in [1.165, 1.54) is 11.8 Å². The molecule has 104 valence electrons. The van der Waals surface area contributed by atoms with E-state index in [2.05, 4.69) is 28.1 Å². The van der Waals surface area contributed by atoms with Gasteiger partial charge >= 0.3 is 0 Å². The van der Waals surface area contributed by atoms with Gasteiger partial charge in [-0.3, -0.25) is 0 Å². The molecule has 6 heteroatoms. The topological polar surface area (TPSA) is 75.6 Å². The number of pyridine rings is 1. The molecule has 0 aliphatic rings. The Kier molecular flexibility index (Phi) is 4.74. The Morgan fingerprint density at radius 2 is 2.15 bits per heavy atom. The Morgan fingerprint density at radius 1 is 1.35 bits per heavy atom. The fourth-order valence-corrected chi connectivity index (χ4v) is 2.78. The zero-order valence-corrected chi connectivity index (χ0v) is 12.6. The van der Waals surface area contributed by atoms with Gasteiger partial charge in [0.05, 0.1) is 11.3 Å². The van der Waals surface area contributed by atoms with Crippen molar-refractivity contribution in [2.45, 2.75) is 44.4 Å². The Balaban J connectivity index is 2.12. The van der Waals surface area contributed by atoms with Crippen molar-refractivity contribution >= 4 is 11.8 Å². The lowest BCUT2D eigenvalue weighted by Crippen LogP contribution is -1.95. The van der Waals surface area contributed by atoms with Gasteiger partial charge in [-0.05, 0) is 31.9 Å². The SMILES string of the molecule is CCCc1noc(CSc2nc(C)cc(C)c2C#N)n1. The third-order valence-electron chi connectivity index (χ3n) is 2.74. The van der Waals surface area contributed by atoms with Gasteiger partial charge in [0.2, 0.25) is 5.89 Å². The molecule has 0 unspecified atom stereocenters. The third-order valence-corrected chi connectivity index (χ3v) is 3.70. The average molecular weight is 288 g/mol. The summed E-state index contributed by atoms with van der Waals surface area (Å²) in [5.41, 5.74) is 2.47. The quantitative estimate of drug-likeness (QED) is 0.786. The van der Waals surface area contributed by atoms with E-state index in [0.717, 1.165) is 34.9 Å². The molecule has 0 bridgehead atoms. The van der Waals surface area contributed by atoms with Crippen LogP contribution in [0.25, 0.3) is 0 Å². The van der Waals surface area contributed by atoms with Crippen molar-refractivity contribution in [2.24, 2.45) is 0 Å². The molecule has 0 amide bonds. The van der Waals surface area contributed by atoms with Crippen LogP contribution in [0.5, 0.6) is 0 Å². The molecular weight excluding hydrogens is 272 g/mol. The van der Waals surface area contributed by atoms with Gasteiger partial charge in [-0.15, -0.1) is 0 Å². The highest BCUT2D eigenvalue weighted by Gasteiger charge is 2.12. The molecular formula is C14H16N4OS.